The van der Waals surface area contributed by atoms with Crippen molar-refractivity contribution < 1.29 is 18.0 Å². The van der Waals surface area contributed by atoms with Gasteiger partial charge in [-0.05, 0) is 11.5 Å². The molecular weight excluding hydrogens is 277 g/mol. The van der Waals surface area contributed by atoms with E-state index in [1.54, 1.807) is 6.07 Å². The lowest BCUT2D eigenvalue weighted by Crippen LogP contribution is -2.21. The number of thiophene rings is 1. The smallest absolute Gasteiger partial charge is 0.324 e. The highest BCUT2D eigenvalue weighted by Gasteiger charge is 2.31. The van der Waals surface area contributed by atoms with Crippen LogP contribution >= 0.6 is 11.3 Å². The molecule has 0 atom stereocenters. The quantitative estimate of drug-likeness (QED) is 0.900. The minimum atomic E-state index is -4.56. The number of nitrogens with one attached hydrogen (secondary N) is 1. The summed E-state index contributed by atoms with van der Waals surface area (Å²) in [6.07, 6.45) is -6.11. The van der Waals surface area contributed by atoms with E-state index in [4.69, 9.17) is 5.26 Å². The number of alkyl halides is 3. The van der Waals surface area contributed by atoms with Gasteiger partial charge in [-0.25, -0.2) is 0 Å². The van der Waals surface area contributed by atoms with Gasteiger partial charge in [0.15, 0.2) is 0 Å². The average Bonchev–Trinajstić information content (AvgIpc) is 2.57. The van der Waals surface area contributed by atoms with Crippen molar-refractivity contribution in [3.63, 3.8) is 0 Å². The van der Waals surface area contributed by atoms with Crippen LogP contribution in [-0.4, -0.2) is 12.1 Å². The number of halogens is 3. The lowest BCUT2D eigenvalue weighted by molar-refractivity contribution is -0.150. The van der Waals surface area contributed by atoms with E-state index in [1.165, 1.54) is 11.3 Å². The van der Waals surface area contributed by atoms with E-state index in [-0.39, 0.29) is 16.0 Å². The number of rotatable bonds is 2. The molecule has 0 saturated heterocycles. The van der Waals surface area contributed by atoms with E-state index >= 15 is 0 Å². The zero-order chi connectivity index (χ0) is 14.8. The summed E-state index contributed by atoms with van der Waals surface area (Å²) in [5, 5.41) is 11.1. The number of nitriles is 1. The van der Waals surface area contributed by atoms with Crippen molar-refractivity contribution in [3.8, 4) is 6.07 Å². The molecular formula is C12H13F3N2OS. The number of carbonyl (C=O) groups is 1. The van der Waals surface area contributed by atoms with Crippen LogP contribution < -0.4 is 5.32 Å². The van der Waals surface area contributed by atoms with Crippen molar-refractivity contribution in [1.29, 1.82) is 5.26 Å². The molecule has 1 aromatic heterocycles. The summed E-state index contributed by atoms with van der Waals surface area (Å²) >= 11 is 1.17. The zero-order valence-corrected chi connectivity index (χ0v) is 11.5. The van der Waals surface area contributed by atoms with Crippen LogP contribution in [0.25, 0.3) is 0 Å². The van der Waals surface area contributed by atoms with Crippen molar-refractivity contribution in [2.75, 3.05) is 5.32 Å². The zero-order valence-electron chi connectivity index (χ0n) is 10.7. The lowest BCUT2D eigenvalue weighted by Gasteiger charge is -2.15. The van der Waals surface area contributed by atoms with Gasteiger partial charge in [0.05, 0.1) is 5.69 Å². The van der Waals surface area contributed by atoms with E-state index in [1.807, 2.05) is 26.8 Å². The summed E-state index contributed by atoms with van der Waals surface area (Å²) in [6, 6.07) is 3.43. The third-order valence-electron chi connectivity index (χ3n) is 2.21. The molecule has 3 nitrogen and oxygen atoms in total. The highest BCUT2D eigenvalue weighted by atomic mass is 32.1. The van der Waals surface area contributed by atoms with Crippen LogP contribution in [0.2, 0.25) is 0 Å². The van der Waals surface area contributed by atoms with Crippen LogP contribution in [0, 0.1) is 11.3 Å². The number of carbonyl (C=O) groups excluding carboxylic acids is 1. The van der Waals surface area contributed by atoms with Gasteiger partial charge in [-0.15, -0.1) is 11.3 Å². The Morgan fingerprint density at radius 3 is 2.42 bits per heavy atom. The summed E-state index contributed by atoms with van der Waals surface area (Å²) in [5.41, 5.74) is -0.0878. The van der Waals surface area contributed by atoms with Crippen LogP contribution in [0.3, 0.4) is 0 Å². The molecule has 0 saturated carbocycles. The van der Waals surface area contributed by atoms with Gasteiger partial charge in [0.2, 0.25) is 5.91 Å². The van der Waals surface area contributed by atoms with Gasteiger partial charge < -0.3 is 5.32 Å². The standard InChI is InChI=1S/C12H13F3N2OS/c1-11(2,3)9-4-7(8(6-16)19-9)17-10(18)5-12(13,14)15/h4H,5H2,1-3H3,(H,17,18). The second kappa shape index (κ2) is 5.21. The Kier molecular flexibility index (Phi) is 4.25. The van der Waals surface area contributed by atoms with Crippen molar-refractivity contribution in [1.82, 2.24) is 0 Å². The minimum Gasteiger partial charge on any atom is -0.324 e. The molecule has 0 bridgehead atoms. The third kappa shape index (κ3) is 4.56. The molecule has 1 heterocycles. The fraction of sp³-hybridized carbons (Fsp3) is 0.500. The third-order valence-corrected chi connectivity index (χ3v) is 3.67. The van der Waals surface area contributed by atoms with Gasteiger partial charge in [-0.1, -0.05) is 20.8 Å². The summed E-state index contributed by atoms with van der Waals surface area (Å²) in [6.45, 7) is 5.75. The molecule has 0 unspecified atom stereocenters. The molecule has 0 aliphatic rings. The summed E-state index contributed by atoms with van der Waals surface area (Å²) in [5.74, 6) is -1.16. The molecule has 0 spiro atoms. The summed E-state index contributed by atoms with van der Waals surface area (Å²) in [4.78, 5) is 12.3. The van der Waals surface area contributed by atoms with Gasteiger partial charge >= 0.3 is 6.18 Å². The first-order valence-electron chi connectivity index (χ1n) is 5.44. The summed E-state index contributed by atoms with van der Waals surface area (Å²) < 4.78 is 36.2. The molecule has 1 N–H and O–H groups in total. The second-order valence-electron chi connectivity index (χ2n) is 5.06. The Labute approximate surface area is 113 Å². The van der Waals surface area contributed by atoms with Gasteiger partial charge in [0, 0.05) is 4.88 Å². The second-order valence-corrected chi connectivity index (χ2v) is 6.11. The first kappa shape index (κ1) is 15.5. The van der Waals surface area contributed by atoms with Crippen LogP contribution in [0.5, 0.6) is 0 Å². The largest absolute Gasteiger partial charge is 0.397 e. The Morgan fingerprint density at radius 2 is 2.00 bits per heavy atom. The maximum absolute atomic E-state index is 12.1. The fourth-order valence-corrected chi connectivity index (χ4v) is 2.28. The number of hydrogen-bond acceptors (Lipinski definition) is 3. The molecule has 0 aromatic carbocycles. The molecule has 19 heavy (non-hydrogen) atoms. The Morgan fingerprint density at radius 1 is 1.42 bits per heavy atom. The molecule has 0 radical (unpaired) electrons. The van der Waals surface area contributed by atoms with Gasteiger partial charge in [-0.2, -0.15) is 18.4 Å². The lowest BCUT2D eigenvalue weighted by atomic mass is 9.94. The van der Waals surface area contributed by atoms with Crippen LogP contribution in [0.15, 0.2) is 6.07 Å². The molecule has 0 aliphatic carbocycles. The maximum Gasteiger partial charge on any atom is 0.397 e. The molecule has 7 heteroatoms. The summed E-state index contributed by atoms with van der Waals surface area (Å²) in [7, 11) is 0. The first-order valence-corrected chi connectivity index (χ1v) is 6.25. The number of amides is 1. The molecule has 1 rings (SSSR count). The number of nitrogens with zero attached hydrogens (tertiary/aromatic N) is 1. The monoisotopic (exact) mass is 290 g/mol. The van der Waals surface area contributed by atoms with Crippen LogP contribution in [0.4, 0.5) is 18.9 Å². The topological polar surface area (TPSA) is 52.9 Å². The average molecular weight is 290 g/mol. The molecule has 1 aromatic rings. The normalized spacial score (nSPS) is 12.1. The fourth-order valence-electron chi connectivity index (χ4n) is 1.31. The Balaban J connectivity index is 2.93. The van der Waals surface area contributed by atoms with Gasteiger partial charge in [0.1, 0.15) is 17.4 Å². The first-order chi connectivity index (χ1) is 8.53. The molecule has 0 fully saturated rings. The van der Waals surface area contributed by atoms with Crippen LogP contribution in [0.1, 0.15) is 36.9 Å². The minimum absolute atomic E-state index is 0.145. The predicted molar refractivity (Wildman–Crippen MR) is 67.0 cm³/mol. The van der Waals surface area contributed by atoms with E-state index in [0.717, 1.165) is 4.88 Å². The van der Waals surface area contributed by atoms with Crippen molar-refractivity contribution in [3.05, 3.63) is 15.8 Å². The highest BCUT2D eigenvalue weighted by molar-refractivity contribution is 7.13. The van der Waals surface area contributed by atoms with Gasteiger partial charge in [0.25, 0.3) is 0 Å². The van der Waals surface area contributed by atoms with E-state index in [0.29, 0.717) is 0 Å². The van der Waals surface area contributed by atoms with Crippen LogP contribution in [-0.2, 0) is 10.2 Å². The number of anilines is 1. The van der Waals surface area contributed by atoms with Crippen molar-refractivity contribution in [2.24, 2.45) is 0 Å². The molecule has 0 aliphatic heterocycles. The van der Waals surface area contributed by atoms with Crippen molar-refractivity contribution in [2.45, 2.75) is 38.8 Å². The maximum atomic E-state index is 12.1. The SMILES string of the molecule is CC(C)(C)c1cc(NC(=O)CC(F)(F)F)c(C#N)s1. The number of hydrogen-bond donors (Lipinski definition) is 1. The predicted octanol–water partition coefficient (Wildman–Crippen LogP) is 3.81. The van der Waals surface area contributed by atoms with Gasteiger partial charge in [-0.3, -0.25) is 4.79 Å². The molecule has 104 valence electrons. The van der Waals surface area contributed by atoms with Crippen molar-refractivity contribution >= 4 is 22.9 Å². The molecule has 1 amide bonds. The van der Waals surface area contributed by atoms with E-state index in [2.05, 4.69) is 5.32 Å². The highest BCUT2D eigenvalue weighted by Crippen LogP contribution is 2.35. The Bertz CT molecular complexity index is 521. The Hall–Kier alpha value is -1.55. The van der Waals surface area contributed by atoms with E-state index < -0.39 is 18.5 Å². The van der Waals surface area contributed by atoms with E-state index in [9.17, 15) is 18.0 Å².